The van der Waals surface area contributed by atoms with E-state index in [0.29, 0.717) is 18.9 Å². The predicted octanol–water partition coefficient (Wildman–Crippen LogP) is 1.97. The zero-order valence-electron chi connectivity index (χ0n) is 13.1. The van der Waals surface area contributed by atoms with Crippen molar-refractivity contribution in [1.29, 1.82) is 0 Å². The van der Waals surface area contributed by atoms with Gasteiger partial charge in [0.2, 0.25) is 0 Å². The highest BCUT2D eigenvalue weighted by atomic mass is 16.5. The lowest BCUT2D eigenvalue weighted by molar-refractivity contribution is -0.123. The molecular weight excluding hydrogens is 268 g/mol. The van der Waals surface area contributed by atoms with Crippen LogP contribution in [0.1, 0.15) is 27.2 Å². The topological polar surface area (TPSA) is 59.6 Å². The normalized spacial score (nSPS) is 11.8. The van der Waals surface area contributed by atoms with Gasteiger partial charge in [-0.1, -0.05) is 13.8 Å². The van der Waals surface area contributed by atoms with E-state index < -0.39 is 0 Å². The van der Waals surface area contributed by atoms with Gasteiger partial charge in [0.05, 0.1) is 6.61 Å². The van der Waals surface area contributed by atoms with Crippen LogP contribution in [0, 0.1) is 0 Å². The highest BCUT2D eigenvalue weighted by Crippen LogP contribution is 2.17. The van der Waals surface area contributed by atoms with Gasteiger partial charge in [-0.25, -0.2) is 0 Å². The summed E-state index contributed by atoms with van der Waals surface area (Å²) in [5.41, 5.74) is 0. The Hall–Kier alpha value is -1.75. The number of likely N-dealkylation sites (N-methyl/N-ethyl adjacent to an activating group) is 1. The van der Waals surface area contributed by atoms with Gasteiger partial charge in [-0.2, -0.15) is 0 Å². The molecule has 1 atom stereocenters. The molecule has 0 aliphatic rings. The van der Waals surface area contributed by atoms with E-state index >= 15 is 0 Å². The standard InChI is InChI=1S/C16H26N2O3/c1-4-10-20-14-6-8-15(9-7-14)21-12-16(19)18-11-13(3)17-5-2/h6-9,13,17H,4-5,10-12H2,1-3H3,(H,18,19)/t13-/m1/s1. The van der Waals surface area contributed by atoms with Crippen molar-refractivity contribution in [3.8, 4) is 11.5 Å². The molecule has 0 bridgehead atoms. The molecule has 0 saturated carbocycles. The highest BCUT2D eigenvalue weighted by molar-refractivity contribution is 5.77. The van der Waals surface area contributed by atoms with Gasteiger partial charge in [0.15, 0.2) is 6.61 Å². The Balaban J connectivity index is 2.26. The lowest BCUT2D eigenvalue weighted by atomic mass is 10.3. The maximum atomic E-state index is 11.6. The first kappa shape index (κ1) is 17.3. The molecule has 0 aromatic heterocycles. The van der Waals surface area contributed by atoms with Crippen LogP contribution >= 0.6 is 0 Å². The minimum atomic E-state index is -0.119. The quantitative estimate of drug-likeness (QED) is 0.692. The molecule has 0 spiro atoms. The Labute approximate surface area is 127 Å². The zero-order chi connectivity index (χ0) is 15.5. The summed E-state index contributed by atoms with van der Waals surface area (Å²) >= 11 is 0. The number of hydrogen-bond acceptors (Lipinski definition) is 4. The fourth-order valence-corrected chi connectivity index (χ4v) is 1.74. The van der Waals surface area contributed by atoms with Crippen molar-refractivity contribution in [3.63, 3.8) is 0 Å². The smallest absolute Gasteiger partial charge is 0.257 e. The number of carbonyl (C=O) groups excluding carboxylic acids is 1. The van der Waals surface area contributed by atoms with Gasteiger partial charge < -0.3 is 20.1 Å². The largest absolute Gasteiger partial charge is 0.494 e. The van der Waals surface area contributed by atoms with Crippen molar-refractivity contribution in [2.24, 2.45) is 0 Å². The lowest BCUT2D eigenvalue weighted by Crippen LogP contribution is -2.40. The van der Waals surface area contributed by atoms with Gasteiger partial charge in [-0.05, 0) is 44.2 Å². The van der Waals surface area contributed by atoms with Gasteiger partial charge in [-0.15, -0.1) is 0 Å². The number of carbonyl (C=O) groups is 1. The van der Waals surface area contributed by atoms with Crippen LogP contribution < -0.4 is 20.1 Å². The van der Waals surface area contributed by atoms with Crippen LogP contribution in [0.25, 0.3) is 0 Å². The predicted molar refractivity (Wildman–Crippen MR) is 83.9 cm³/mol. The molecule has 0 fully saturated rings. The van der Waals surface area contributed by atoms with E-state index in [0.717, 1.165) is 18.7 Å². The first-order valence-corrected chi connectivity index (χ1v) is 7.51. The fourth-order valence-electron chi connectivity index (χ4n) is 1.74. The van der Waals surface area contributed by atoms with Crippen LogP contribution in [0.4, 0.5) is 0 Å². The average molecular weight is 294 g/mol. The van der Waals surface area contributed by atoms with E-state index in [1.165, 1.54) is 0 Å². The molecule has 5 nitrogen and oxygen atoms in total. The van der Waals surface area contributed by atoms with Gasteiger partial charge >= 0.3 is 0 Å². The van der Waals surface area contributed by atoms with Crippen molar-refractivity contribution in [2.45, 2.75) is 33.2 Å². The number of rotatable bonds is 10. The summed E-state index contributed by atoms with van der Waals surface area (Å²) in [6.45, 7) is 8.34. The summed E-state index contributed by atoms with van der Waals surface area (Å²) in [5.74, 6) is 1.35. The molecule has 1 rings (SSSR count). The minimum Gasteiger partial charge on any atom is -0.494 e. The summed E-state index contributed by atoms with van der Waals surface area (Å²) in [7, 11) is 0. The summed E-state index contributed by atoms with van der Waals surface area (Å²) in [4.78, 5) is 11.6. The van der Waals surface area contributed by atoms with E-state index in [2.05, 4.69) is 17.6 Å². The van der Waals surface area contributed by atoms with Crippen molar-refractivity contribution >= 4 is 5.91 Å². The van der Waals surface area contributed by atoms with Gasteiger partial charge in [0, 0.05) is 12.6 Å². The average Bonchev–Trinajstić information content (AvgIpc) is 2.50. The Kier molecular flexibility index (Phi) is 8.28. The Morgan fingerprint density at radius 2 is 1.76 bits per heavy atom. The summed E-state index contributed by atoms with van der Waals surface area (Å²) in [6.07, 6.45) is 0.976. The molecule has 21 heavy (non-hydrogen) atoms. The molecule has 0 unspecified atom stereocenters. The van der Waals surface area contributed by atoms with Crippen molar-refractivity contribution in [2.75, 3.05) is 26.3 Å². The van der Waals surface area contributed by atoms with Crippen molar-refractivity contribution in [1.82, 2.24) is 10.6 Å². The zero-order valence-corrected chi connectivity index (χ0v) is 13.1. The monoisotopic (exact) mass is 294 g/mol. The summed E-state index contributed by atoms with van der Waals surface area (Å²) in [5, 5.41) is 6.05. The summed E-state index contributed by atoms with van der Waals surface area (Å²) in [6, 6.07) is 7.56. The second-order valence-electron chi connectivity index (χ2n) is 4.87. The van der Waals surface area contributed by atoms with E-state index in [1.807, 2.05) is 26.0 Å². The van der Waals surface area contributed by atoms with Crippen LogP contribution in [0.5, 0.6) is 11.5 Å². The maximum Gasteiger partial charge on any atom is 0.257 e. The second-order valence-corrected chi connectivity index (χ2v) is 4.87. The van der Waals surface area contributed by atoms with E-state index in [4.69, 9.17) is 9.47 Å². The SMILES string of the molecule is CCCOc1ccc(OCC(=O)NC[C@@H](C)NCC)cc1. The first-order chi connectivity index (χ1) is 10.2. The first-order valence-electron chi connectivity index (χ1n) is 7.51. The molecule has 1 aromatic rings. The molecule has 0 heterocycles. The Bertz CT molecular complexity index is 406. The third-order valence-corrected chi connectivity index (χ3v) is 2.82. The number of benzene rings is 1. The third kappa shape index (κ3) is 7.56. The van der Waals surface area contributed by atoms with Crippen LogP contribution in [0.15, 0.2) is 24.3 Å². The van der Waals surface area contributed by atoms with Gasteiger partial charge in [-0.3, -0.25) is 4.79 Å². The lowest BCUT2D eigenvalue weighted by Gasteiger charge is -2.13. The Morgan fingerprint density at radius 1 is 1.14 bits per heavy atom. The summed E-state index contributed by atoms with van der Waals surface area (Å²) < 4.78 is 10.9. The molecule has 118 valence electrons. The fraction of sp³-hybridized carbons (Fsp3) is 0.562. The van der Waals surface area contributed by atoms with E-state index in [9.17, 15) is 4.79 Å². The molecule has 1 amide bonds. The van der Waals surface area contributed by atoms with Crippen LogP contribution in [0.2, 0.25) is 0 Å². The molecule has 0 saturated heterocycles. The highest BCUT2D eigenvalue weighted by Gasteiger charge is 2.05. The number of ether oxygens (including phenoxy) is 2. The molecule has 0 radical (unpaired) electrons. The number of amides is 1. The molecule has 1 aromatic carbocycles. The maximum absolute atomic E-state index is 11.6. The van der Waals surface area contributed by atoms with Gasteiger partial charge in [0.25, 0.3) is 5.91 Å². The number of nitrogens with one attached hydrogen (secondary N) is 2. The molecule has 5 heteroatoms. The van der Waals surface area contributed by atoms with Crippen molar-refractivity contribution < 1.29 is 14.3 Å². The van der Waals surface area contributed by atoms with Crippen LogP contribution in [-0.2, 0) is 4.79 Å². The third-order valence-electron chi connectivity index (χ3n) is 2.82. The Morgan fingerprint density at radius 3 is 2.33 bits per heavy atom. The number of hydrogen-bond donors (Lipinski definition) is 2. The van der Waals surface area contributed by atoms with Crippen LogP contribution in [0.3, 0.4) is 0 Å². The minimum absolute atomic E-state index is 0.0218. The van der Waals surface area contributed by atoms with Gasteiger partial charge in [0.1, 0.15) is 11.5 Å². The molecule has 2 N–H and O–H groups in total. The molecule has 0 aliphatic heterocycles. The van der Waals surface area contributed by atoms with E-state index in [-0.39, 0.29) is 18.6 Å². The van der Waals surface area contributed by atoms with E-state index in [1.54, 1.807) is 12.1 Å². The molecular formula is C16H26N2O3. The second kappa shape index (κ2) is 10.0. The van der Waals surface area contributed by atoms with Crippen LogP contribution in [-0.4, -0.2) is 38.3 Å². The van der Waals surface area contributed by atoms with Crippen molar-refractivity contribution in [3.05, 3.63) is 24.3 Å². The molecule has 0 aliphatic carbocycles.